The van der Waals surface area contributed by atoms with E-state index in [1.54, 1.807) is 0 Å². The molecule has 4 atom stereocenters. The summed E-state index contributed by atoms with van der Waals surface area (Å²) in [4.78, 5) is 2.52. The highest BCUT2D eigenvalue weighted by Crippen LogP contribution is 2.34. The zero-order valence-corrected chi connectivity index (χ0v) is 14.6. The maximum Gasteiger partial charge on any atom is 0.0702 e. The van der Waals surface area contributed by atoms with Crippen LogP contribution in [0.1, 0.15) is 52.9 Å². The van der Waals surface area contributed by atoms with Gasteiger partial charge in [0.2, 0.25) is 0 Å². The third-order valence-electron chi connectivity index (χ3n) is 5.52. The molecule has 0 amide bonds. The van der Waals surface area contributed by atoms with E-state index in [0.717, 1.165) is 43.5 Å². The fourth-order valence-corrected chi connectivity index (χ4v) is 4.25. The molecule has 0 bridgehead atoms. The lowest BCUT2D eigenvalue weighted by molar-refractivity contribution is 0.0650. The number of hydrogen-bond acceptors (Lipinski definition) is 3. The topological polar surface area (TPSA) is 24.5 Å². The smallest absolute Gasteiger partial charge is 0.0702 e. The summed E-state index contributed by atoms with van der Waals surface area (Å²) < 4.78 is 5.79. The maximum absolute atomic E-state index is 5.79. The quantitative estimate of drug-likeness (QED) is 0.781. The van der Waals surface area contributed by atoms with E-state index in [0.29, 0.717) is 6.10 Å². The number of nitrogens with one attached hydrogen (secondary N) is 1. The summed E-state index contributed by atoms with van der Waals surface area (Å²) in [5.74, 6) is 2.55. The Labute approximate surface area is 131 Å². The standard InChI is InChI=1S/C18H36N2O/c1-5-19-18-9-8-15(14(2)3)11-16(18)12-20(4)13-17-7-6-10-21-17/h14-19H,5-13H2,1-4H3. The first kappa shape index (κ1) is 17.2. The van der Waals surface area contributed by atoms with Crippen molar-refractivity contribution in [1.29, 1.82) is 0 Å². The van der Waals surface area contributed by atoms with E-state index in [2.05, 4.69) is 38.0 Å². The van der Waals surface area contributed by atoms with Gasteiger partial charge >= 0.3 is 0 Å². The molecule has 124 valence electrons. The molecular formula is C18H36N2O. The zero-order valence-electron chi connectivity index (χ0n) is 14.6. The molecule has 1 aliphatic carbocycles. The molecular weight excluding hydrogens is 260 g/mol. The van der Waals surface area contributed by atoms with Gasteiger partial charge in [0.05, 0.1) is 6.10 Å². The highest BCUT2D eigenvalue weighted by Gasteiger charge is 2.32. The molecule has 21 heavy (non-hydrogen) atoms. The molecule has 0 aromatic carbocycles. The zero-order chi connectivity index (χ0) is 15.2. The molecule has 2 fully saturated rings. The van der Waals surface area contributed by atoms with Crippen molar-refractivity contribution < 1.29 is 4.74 Å². The van der Waals surface area contributed by atoms with Crippen LogP contribution in [-0.2, 0) is 4.74 Å². The highest BCUT2D eigenvalue weighted by molar-refractivity contribution is 4.87. The van der Waals surface area contributed by atoms with E-state index in [9.17, 15) is 0 Å². The molecule has 1 heterocycles. The lowest BCUT2D eigenvalue weighted by atomic mass is 9.73. The van der Waals surface area contributed by atoms with Gasteiger partial charge in [-0.3, -0.25) is 0 Å². The van der Waals surface area contributed by atoms with Gasteiger partial charge in [0.1, 0.15) is 0 Å². The van der Waals surface area contributed by atoms with Crippen LogP contribution >= 0.6 is 0 Å². The van der Waals surface area contributed by atoms with Gasteiger partial charge in [-0.15, -0.1) is 0 Å². The van der Waals surface area contributed by atoms with Crippen LogP contribution in [0.5, 0.6) is 0 Å². The summed E-state index contributed by atoms with van der Waals surface area (Å²) in [5.41, 5.74) is 0. The Kier molecular flexibility index (Phi) is 6.97. The summed E-state index contributed by atoms with van der Waals surface area (Å²) in [6, 6.07) is 0.719. The Morgan fingerprint density at radius 3 is 2.62 bits per heavy atom. The predicted molar refractivity (Wildman–Crippen MR) is 89.6 cm³/mol. The summed E-state index contributed by atoms with van der Waals surface area (Å²) in [5, 5.41) is 3.74. The third-order valence-corrected chi connectivity index (χ3v) is 5.52. The molecule has 4 unspecified atom stereocenters. The van der Waals surface area contributed by atoms with Crippen molar-refractivity contribution in [3.05, 3.63) is 0 Å². The van der Waals surface area contributed by atoms with Crippen molar-refractivity contribution in [3.63, 3.8) is 0 Å². The largest absolute Gasteiger partial charge is 0.377 e. The normalized spacial score (nSPS) is 34.0. The van der Waals surface area contributed by atoms with E-state index in [1.807, 2.05) is 0 Å². The van der Waals surface area contributed by atoms with E-state index in [-0.39, 0.29) is 0 Å². The van der Waals surface area contributed by atoms with Gasteiger partial charge in [0.15, 0.2) is 0 Å². The molecule has 2 rings (SSSR count). The molecule has 1 N–H and O–H groups in total. The van der Waals surface area contributed by atoms with Crippen molar-refractivity contribution in [2.45, 2.75) is 65.0 Å². The number of ether oxygens (including phenoxy) is 1. The van der Waals surface area contributed by atoms with Gasteiger partial charge in [0, 0.05) is 25.7 Å². The fraction of sp³-hybridized carbons (Fsp3) is 1.00. The maximum atomic E-state index is 5.79. The molecule has 0 aromatic rings. The minimum atomic E-state index is 0.483. The van der Waals surface area contributed by atoms with Crippen LogP contribution in [0.2, 0.25) is 0 Å². The summed E-state index contributed by atoms with van der Waals surface area (Å²) in [7, 11) is 2.28. The number of nitrogens with zero attached hydrogens (tertiary/aromatic N) is 1. The van der Waals surface area contributed by atoms with Gasteiger partial charge in [-0.05, 0) is 63.5 Å². The SMILES string of the molecule is CCNC1CCC(C(C)C)CC1CN(C)CC1CCCO1. The van der Waals surface area contributed by atoms with Gasteiger partial charge in [-0.1, -0.05) is 20.8 Å². The summed E-state index contributed by atoms with van der Waals surface area (Å²) in [6.45, 7) is 11.4. The second-order valence-corrected chi connectivity index (χ2v) is 7.60. The van der Waals surface area contributed by atoms with Gasteiger partial charge < -0.3 is 15.0 Å². The van der Waals surface area contributed by atoms with Crippen LogP contribution in [0.25, 0.3) is 0 Å². The van der Waals surface area contributed by atoms with Crippen LogP contribution in [-0.4, -0.2) is 50.3 Å². The van der Waals surface area contributed by atoms with Gasteiger partial charge in [0.25, 0.3) is 0 Å². The highest BCUT2D eigenvalue weighted by atomic mass is 16.5. The first-order valence-electron chi connectivity index (χ1n) is 9.13. The average Bonchev–Trinajstić information content (AvgIpc) is 2.93. The van der Waals surface area contributed by atoms with Crippen molar-refractivity contribution in [2.24, 2.45) is 17.8 Å². The molecule has 1 saturated carbocycles. The van der Waals surface area contributed by atoms with Crippen LogP contribution in [0.15, 0.2) is 0 Å². The first-order valence-corrected chi connectivity index (χ1v) is 9.13. The Morgan fingerprint density at radius 1 is 1.19 bits per heavy atom. The van der Waals surface area contributed by atoms with E-state index in [4.69, 9.17) is 4.74 Å². The lowest BCUT2D eigenvalue weighted by Gasteiger charge is -2.40. The molecule has 0 spiro atoms. The second kappa shape index (κ2) is 8.50. The minimum absolute atomic E-state index is 0.483. The minimum Gasteiger partial charge on any atom is -0.377 e. The van der Waals surface area contributed by atoms with Crippen molar-refractivity contribution in [3.8, 4) is 0 Å². The average molecular weight is 296 g/mol. The van der Waals surface area contributed by atoms with E-state index in [1.165, 1.54) is 38.6 Å². The first-order chi connectivity index (χ1) is 10.1. The van der Waals surface area contributed by atoms with Gasteiger partial charge in [-0.25, -0.2) is 0 Å². The number of rotatable bonds is 7. The van der Waals surface area contributed by atoms with Crippen molar-refractivity contribution >= 4 is 0 Å². The molecule has 0 aromatic heterocycles. The molecule has 3 nitrogen and oxygen atoms in total. The second-order valence-electron chi connectivity index (χ2n) is 7.60. The van der Waals surface area contributed by atoms with E-state index < -0.39 is 0 Å². The lowest BCUT2D eigenvalue weighted by Crippen LogP contribution is -2.46. The fourth-order valence-electron chi connectivity index (χ4n) is 4.25. The van der Waals surface area contributed by atoms with Crippen molar-refractivity contribution in [2.75, 3.05) is 33.3 Å². The van der Waals surface area contributed by atoms with E-state index >= 15 is 0 Å². The number of likely N-dealkylation sites (N-methyl/N-ethyl adjacent to an activating group) is 1. The van der Waals surface area contributed by atoms with Crippen LogP contribution < -0.4 is 5.32 Å². The van der Waals surface area contributed by atoms with Crippen molar-refractivity contribution in [1.82, 2.24) is 10.2 Å². The predicted octanol–water partition coefficient (Wildman–Crippen LogP) is 3.15. The Hall–Kier alpha value is -0.120. The Bertz CT molecular complexity index is 289. The molecule has 0 radical (unpaired) electrons. The van der Waals surface area contributed by atoms with Gasteiger partial charge in [-0.2, -0.15) is 0 Å². The third kappa shape index (κ3) is 5.22. The number of hydrogen-bond donors (Lipinski definition) is 1. The van der Waals surface area contributed by atoms with Crippen LogP contribution in [0.4, 0.5) is 0 Å². The molecule has 3 heteroatoms. The monoisotopic (exact) mass is 296 g/mol. The molecule has 1 saturated heterocycles. The summed E-state index contributed by atoms with van der Waals surface area (Å²) >= 11 is 0. The summed E-state index contributed by atoms with van der Waals surface area (Å²) in [6.07, 6.45) is 7.14. The Morgan fingerprint density at radius 2 is 2.00 bits per heavy atom. The molecule has 2 aliphatic rings. The Balaban J connectivity index is 1.85. The van der Waals surface area contributed by atoms with Crippen LogP contribution in [0.3, 0.4) is 0 Å². The van der Waals surface area contributed by atoms with Crippen LogP contribution in [0, 0.1) is 17.8 Å². The molecule has 1 aliphatic heterocycles.